The van der Waals surface area contributed by atoms with Gasteiger partial charge in [0.15, 0.2) is 0 Å². The number of carboxylic acids is 1. The Balaban J connectivity index is 2.48. The normalized spacial score (nSPS) is 9.95. The van der Waals surface area contributed by atoms with Crippen LogP contribution in [-0.2, 0) is 9.59 Å². The van der Waals surface area contributed by atoms with Crippen molar-refractivity contribution in [2.75, 3.05) is 29.9 Å². The molecular weight excluding hydrogens is 294 g/mol. The van der Waals surface area contributed by atoms with Gasteiger partial charge in [-0.1, -0.05) is 0 Å². The molecule has 0 bridgehead atoms. The fourth-order valence-corrected chi connectivity index (χ4v) is 1.98. The molecule has 0 heterocycles. The molecule has 0 spiro atoms. The molecule has 0 radical (unpaired) electrons. The van der Waals surface area contributed by atoms with E-state index in [0.29, 0.717) is 23.5 Å². The van der Waals surface area contributed by atoms with Crippen LogP contribution in [0.1, 0.15) is 10.4 Å². The van der Waals surface area contributed by atoms with Crippen LogP contribution in [0.15, 0.2) is 24.3 Å². The monoisotopic (exact) mass is 311 g/mol. The molecule has 0 aliphatic heterocycles. The Morgan fingerprint density at radius 3 is 2.43 bits per heavy atom. The van der Waals surface area contributed by atoms with Crippen molar-refractivity contribution in [3.8, 4) is 0 Å². The second-order valence-corrected chi connectivity index (χ2v) is 5.15. The summed E-state index contributed by atoms with van der Waals surface area (Å²) in [6.07, 6.45) is 0. The third-order valence-electron chi connectivity index (χ3n) is 2.33. The van der Waals surface area contributed by atoms with Crippen LogP contribution in [0.3, 0.4) is 0 Å². The van der Waals surface area contributed by atoms with E-state index < -0.39 is 18.4 Å². The van der Waals surface area contributed by atoms with E-state index in [0.717, 1.165) is 5.75 Å². The number of nitrogens with two attached hydrogens (primary N) is 1. The Labute approximate surface area is 126 Å². The fraction of sp³-hybridized carbons (Fsp3) is 0.308. The highest BCUT2D eigenvalue weighted by Gasteiger charge is 2.08. The van der Waals surface area contributed by atoms with Crippen molar-refractivity contribution < 1.29 is 19.5 Å². The minimum Gasteiger partial charge on any atom is -0.480 e. The predicted molar refractivity (Wildman–Crippen MR) is 81.4 cm³/mol. The summed E-state index contributed by atoms with van der Waals surface area (Å²) in [7, 11) is 0. The molecule has 1 aromatic carbocycles. The van der Waals surface area contributed by atoms with Crippen molar-refractivity contribution >= 4 is 35.2 Å². The van der Waals surface area contributed by atoms with Crippen molar-refractivity contribution in [3.05, 3.63) is 29.8 Å². The molecule has 2 amide bonds. The summed E-state index contributed by atoms with van der Waals surface area (Å²) in [5.74, 6) is -0.693. The molecule has 0 aromatic heterocycles. The lowest BCUT2D eigenvalue weighted by Crippen LogP contribution is -2.29. The van der Waals surface area contributed by atoms with Crippen LogP contribution < -0.4 is 16.4 Å². The number of carboxylic acid groups (broad SMARTS) is 1. The standard InChI is InChI=1S/C13H17N3O4S/c14-5-6-21-8-11(17)16-10-3-1-9(2-4-10)13(20)15-7-12(18)19/h1-4H,5-8,14H2,(H,15,20)(H,16,17)(H,18,19). The zero-order chi connectivity index (χ0) is 15.7. The van der Waals surface area contributed by atoms with Crippen LogP contribution in [0.4, 0.5) is 5.69 Å². The minimum atomic E-state index is -1.11. The average Bonchev–Trinajstić information content (AvgIpc) is 2.45. The van der Waals surface area contributed by atoms with Gasteiger partial charge < -0.3 is 21.5 Å². The van der Waals surface area contributed by atoms with E-state index in [1.807, 2.05) is 0 Å². The Morgan fingerprint density at radius 1 is 1.19 bits per heavy atom. The van der Waals surface area contributed by atoms with Gasteiger partial charge in [0.2, 0.25) is 5.91 Å². The molecule has 114 valence electrons. The summed E-state index contributed by atoms with van der Waals surface area (Å²) in [6, 6.07) is 6.20. The number of carbonyl (C=O) groups excluding carboxylic acids is 2. The van der Waals surface area contributed by atoms with Crippen LogP contribution in [0.5, 0.6) is 0 Å². The lowest BCUT2D eigenvalue weighted by Gasteiger charge is -2.06. The number of carbonyl (C=O) groups is 3. The molecule has 0 atom stereocenters. The van der Waals surface area contributed by atoms with E-state index in [2.05, 4.69) is 10.6 Å². The van der Waals surface area contributed by atoms with Gasteiger partial charge >= 0.3 is 5.97 Å². The highest BCUT2D eigenvalue weighted by atomic mass is 32.2. The number of rotatable bonds is 8. The number of hydrogen-bond acceptors (Lipinski definition) is 5. The van der Waals surface area contributed by atoms with Crippen molar-refractivity contribution in [2.24, 2.45) is 5.73 Å². The van der Waals surface area contributed by atoms with Crippen molar-refractivity contribution in [1.82, 2.24) is 5.32 Å². The maximum atomic E-state index is 11.6. The quantitative estimate of drug-likeness (QED) is 0.506. The molecule has 21 heavy (non-hydrogen) atoms. The van der Waals surface area contributed by atoms with Crippen LogP contribution >= 0.6 is 11.8 Å². The molecule has 5 N–H and O–H groups in total. The average molecular weight is 311 g/mol. The first kappa shape index (κ1) is 17.0. The molecule has 0 fully saturated rings. The van der Waals surface area contributed by atoms with Crippen LogP contribution in [-0.4, -0.2) is 47.5 Å². The molecule has 0 aliphatic carbocycles. The number of anilines is 1. The Bertz CT molecular complexity index is 505. The first-order chi connectivity index (χ1) is 10.0. The van der Waals surface area contributed by atoms with Gasteiger partial charge in [-0.2, -0.15) is 11.8 Å². The molecule has 0 unspecified atom stereocenters. The van der Waals surface area contributed by atoms with E-state index in [-0.39, 0.29) is 5.91 Å². The molecule has 8 heteroatoms. The number of thioether (sulfide) groups is 1. The highest BCUT2D eigenvalue weighted by Crippen LogP contribution is 2.10. The lowest BCUT2D eigenvalue weighted by molar-refractivity contribution is -0.135. The Hall–Kier alpha value is -2.06. The lowest BCUT2D eigenvalue weighted by atomic mass is 10.2. The summed E-state index contributed by atoms with van der Waals surface area (Å²) < 4.78 is 0. The van der Waals surface area contributed by atoms with Crippen LogP contribution in [0, 0.1) is 0 Å². The number of benzene rings is 1. The molecule has 0 aliphatic rings. The second kappa shape index (κ2) is 8.98. The number of hydrogen-bond donors (Lipinski definition) is 4. The number of amides is 2. The minimum absolute atomic E-state index is 0.142. The molecule has 1 aromatic rings. The van der Waals surface area contributed by atoms with Crippen LogP contribution in [0.25, 0.3) is 0 Å². The molecule has 0 saturated carbocycles. The number of nitrogens with one attached hydrogen (secondary N) is 2. The maximum Gasteiger partial charge on any atom is 0.322 e. The summed E-state index contributed by atoms with van der Waals surface area (Å²) in [6.45, 7) is 0.0911. The predicted octanol–water partition coefficient (Wildman–Crippen LogP) is 0.131. The Morgan fingerprint density at radius 2 is 1.86 bits per heavy atom. The van der Waals surface area contributed by atoms with Gasteiger partial charge in [0, 0.05) is 23.5 Å². The third kappa shape index (κ3) is 6.77. The van der Waals surface area contributed by atoms with Crippen LogP contribution in [0.2, 0.25) is 0 Å². The first-order valence-electron chi connectivity index (χ1n) is 6.20. The van der Waals surface area contributed by atoms with Gasteiger partial charge in [0.05, 0.1) is 5.75 Å². The molecule has 0 saturated heterocycles. The zero-order valence-corrected chi connectivity index (χ0v) is 12.1. The van der Waals surface area contributed by atoms with Gasteiger partial charge in [0.25, 0.3) is 5.91 Å². The molecule has 7 nitrogen and oxygen atoms in total. The SMILES string of the molecule is NCCSCC(=O)Nc1ccc(C(=O)NCC(=O)O)cc1. The molecular formula is C13H17N3O4S. The zero-order valence-electron chi connectivity index (χ0n) is 11.3. The largest absolute Gasteiger partial charge is 0.480 e. The maximum absolute atomic E-state index is 11.6. The van der Waals surface area contributed by atoms with Gasteiger partial charge in [-0.3, -0.25) is 14.4 Å². The van der Waals surface area contributed by atoms with Crippen molar-refractivity contribution in [2.45, 2.75) is 0 Å². The summed E-state index contributed by atoms with van der Waals surface area (Å²) in [5.41, 5.74) is 6.23. The Kier molecular flexibility index (Phi) is 7.27. The summed E-state index contributed by atoms with van der Waals surface area (Å²) in [4.78, 5) is 33.5. The first-order valence-corrected chi connectivity index (χ1v) is 7.36. The van der Waals surface area contributed by atoms with Crippen molar-refractivity contribution in [3.63, 3.8) is 0 Å². The third-order valence-corrected chi connectivity index (χ3v) is 3.32. The second-order valence-electron chi connectivity index (χ2n) is 4.04. The van der Waals surface area contributed by atoms with E-state index >= 15 is 0 Å². The summed E-state index contributed by atoms with van der Waals surface area (Å²) >= 11 is 1.44. The van der Waals surface area contributed by atoms with Gasteiger partial charge in [0.1, 0.15) is 6.54 Å². The topological polar surface area (TPSA) is 122 Å². The summed E-state index contributed by atoms with van der Waals surface area (Å²) in [5, 5.41) is 13.4. The van der Waals surface area contributed by atoms with E-state index in [1.165, 1.54) is 23.9 Å². The number of aliphatic carboxylic acids is 1. The van der Waals surface area contributed by atoms with E-state index in [4.69, 9.17) is 10.8 Å². The van der Waals surface area contributed by atoms with Gasteiger partial charge in [-0.15, -0.1) is 0 Å². The highest BCUT2D eigenvalue weighted by molar-refractivity contribution is 7.99. The van der Waals surface area contributed by atoms with E-state index in [9.17, 15) is 14.4 Å². The molecule has 1 rings (SSSR count). The smallest absolute Gasteiger partial charge is 0.322 e. The van der Waals surface area contributed by atoms with Gasteiger partial charge in [-0.05, 0) is 24.3 Å². The van der Waals surface area contributed by atoms with E-state index in [1.54, 1.807) is 12.1 Å². The van der Waals surface area contributed by atoms with Gasteiger partial charge in [-0.25, -0.2) is 0 Å². The fourth-order valence-electron chi connectivity index (χ4n) is 1.41. The van der Waals surface area contributed by atoms with Crippen molar-refractivity contribution in [1.29, 1.82) is 0 Å².